The van der Waals surface area contributed by atoms with E-state index in [4.69, 9.17) is 10.5 Å². The number of anilines is 2. The van der Waals surface area contributed by atoms with Crippen LogP contribution in [0.15, 0.2) is 0 Å². The van der Waals surface area contributed by atoms with E-state index in [1.54, 1.807) is 0 Å². The number of ether oxygens (including phenoxy) is 1. The van der Waals surface area contributed by atoms with E-state index in [2.05, 4.69) is 23.5 Å². The molecule has 1 rings (SSSR count). The minimum Gasteiger partial charge on any atom is -0.487 e. The molecule has 0 bridgehead atoms. The van der Waals surface area contributed by atoms with Crippen LogP contribution in [-0.4, -0.2) is 17.0 Å². The SMILES string of the molecule is CCOc1c(N)nsc1NC(C)C. The first-order chi connectivity index (χ1) is 6.15. The minimum atomic E-state index is 0.360. The third-order valence-electron chi connectivity index (χ3n) is 1.38. The van der Waals surface area contributed by atoms with Gasteiger partial charge in [0.25, 0.3) is 0 Å². The molecule has 4 nitrogen and oxygen atoms in total. The number of hydrogen-bond acceptors (Lipinski definition) is 5. The van der Waals surface area contributed by atoms with Crippen LogP contribution in [0.1, 0.15) is 20.8 Å². The summed E-state index contributed by atoms with van der Waals surface area (Å²) in [5.74, 6) is 1.15. The summed E-state index contributed by atoms with van der Waals surface area (Å²) >= 11 is 1.33. The zero-order valence-corrected chi connectivity index (χ0v) is 8.94. The molecular weight excluding hydrogens is 186 g/mol. The van der Waals surface area contributed by atoms with Gasteiger partial charge in [0, 0.05) is 6.04 Å². The van der Waals surface area contributed by atoms with Crippen molar-refractivity contribution < 1.29 is 4.74 Å². The highest BCUT2D eigenvalue weighted by atomic mass is 32.1. The Balaban J connectivity index is 2.80. The number of nitrogens with one attached hydrogen (secondary N) is 1. The van der Waals surface area contributed by atoms with Gasteiger partial charge in [-0.25, -0.2) is 0 Å². The molecule has 74 valence electrons. The van der Waals surface area contributed by atoms with Gasteiger partial charge < -0.3 is 15.8 Å². The van der Waals surface area contributed by atoms with Crippen LogP contribution in [0.25, 0.3) is 0 Å². The predicted molar refractivity (Wildman–Crippen MR) is 56.5 cm³/mol. The fraction of sp³-hybridized carbons (Fsp3) is 0.625. The topological polar surface area (TPSA) is 60.2 Å². The van der Waals surface area contributed by atoms with Gasteiger partial charge in [0.2, 0.25) is 0 Å². The molecule has 0 saturated heterocycles. The lowest BCUT2D eigenvalue weighted by Crippen LogP contribution is -2.09. The molecule has 0 aliphatic rings. The largest absolute Gasteiger partial charge is 0.487 e. The quantitative estimate of drug-likeness (QED) is 0.781. The molecule has 0 aliphatic heterocycles. The summed E-state index contributed by atoms with van der Waals surface area (Å²) in [5.41, 5.74) is 5.64. The molecule has 0 spiro atoms. The van der Waals surface area contributed by atoms with Gasteiger partial charge in [0.1, 0.15) is 0 Å². The van der Waals surface area contributed by atoms with Crippen molar-refractivity contribution >= 4 is 22.4 Å². The van der Waals surface area contributed by atoms with Crippen LogP contribution >= 0.6 is 11.5 Å². The van der Waals surface area contributed by atoms with E-state index in [1.165, 1.54) is 11.5 Å². The maximum absolute atomic E-state index is 5.64. The summed E-state index contributed by atoms with van der Waals surface area (Å²) in [5, 5.41) is 4.14. The Kier molecular flexibility index (Phi) is 3.36. The molecule has 0 atom stereocenters. The summed E-state index contributed by atoms with van der Waals surface area (Å²) < 4.78 is 9.39. The van der Waals surface area contributed by atoms with Crippen molar-refractivity contribution in [1.82, 2.24) is 4.37 Å². The van der Waals surface area contributed by atoms with Crippen molar-refractivity contribution in [1.29, 1.82) is 0 Å². The average molecular weight is 201 g/mol. The highest BCUT2D eigenvalue weighted by Crippen LogP contribution is 2.35. The average Bonchev–Trinajstić information content (AvgIpc) is 2.35. The van der Waals surface area contributed by atoms with Crippen LogP contribution in [0.5, 0.6) is 5.75 Å². The van der Waals surface area contributed by atoms with E-state index in [0.29, 0.717) is 24.2 Å². The van der Waals surface area contributed by atoms with E-state index < -0.39 is 0 Å². The standard InChI is InChI=1S/C8H15N3OS/c1-4-12-6-7(9)11-13-8(6)10-5(2)3/h5,10H,4H2,1-3H3,(H2,9,11). The first-order valence-corrected chi connectivity index (χ1v) is 5.07. The van der Waals surface area contributed by atoms with Crippen molar-refractivity contribution in [3.63, 3.8) is 0 Å². The molecule has 0 radical (unpaired) electrons. The van der Waals surface area contributed by atoms with Crippen molar-refractivity contribution in [3.8, 4) is 5.75 Å². The smallest absolute Gasteiger partial charge is 0.197 e. The van der Waals surface area contributed by atoms with E-state index in [1.807, 2.05) is 6.92 Å². The molecule has 0 unspecified atom stereocenters. The number of nitrogens with zero attached hydrogens (tertiary/aromatic N) is 1. The molecule has 3 N–H and O–H groups in total. The van der Waals surface area contributed by atoms with Crippen molar-refractivity contribution in [2.75, 3.05) is 17.7 Å². The van der Waals surface area contributed by atoms with Crippen molar-refractivity contribution in [2.24, 2.45) is 0 Å². The van der Waals surface area contributed by atoms with Gasteiger partial charge >= 0.3 is 0 Å². The molecule has 5 heteroatoms. The Morgan fingerprint density at radius 2 is 2.31 bits per heavy atom. The predicted octanol–water partition coefficient (Wildman–Crippen LogP) is 1.94. The normalized spacial score (nSPS) is 10.5. The number of nitrogen functional groups attached to an aromatic ring is 1. The number of rotatable bonds is 4. The fourth-order valence-corrected chi connectivity index (χ4v) is 1.74. The highest BCUT2D eigenvalue weighted by Gasteiger charge is 2.12. The van der Waals surface area contributed by atoms with Crippen LogP contribution < -0.4 is 15.8 Å². The second-order valence-corrected chi connectivity index (χ2v) is 3.73. The van der Waals surface area contributed by atoms with Gasteiger partial charge in [-0.15, -0.1) is 0 Å². The molecule has 13 heavy (non-hydrogen) atoms. The van der Waals surface area contributed by atoms with Crippen LogP contribution in [0, 0.1) is 0 Å². The fourth-order valence-electron chi connectivity index (χ4n) is 0.932. The third kappa shape index (κ3) is 2.48. The van der Waals surface area contributed by atoms with Gasteiger partial charge in [0.05, 0.1) is 6.61 Å². The number of hydrogen-bond donors (Lipinski definition) is 2. The van der Waals surface area contributed by atoms with E-state index in [9.17, 15) is 0 Å². The minimum absolute atomic E-state index is 0.360. The molecule has 0 aromatic carbocycles. The Morgan fingerprint density at radius 3 is 2.85 bits per heavy atom. The summed E-state index contributed by atoms with van der Waals surface area (Å²) in [7, 11) is 0. The molecule has 0 aliphatic carbocycles. The molecule has 0 saturated carbocycles. The Morgan fingerprint density at radius 1 is 1.62 bits per heavy atom. The third-order valence-corrected chi connectivity index (χ3v) is 2.16. The van der Waals surface area contributed by atoms with Crippen LogP contribution in [0.2, 0.25) is 0 Å². The number of aromatic nitrogens is 1. The monoisotopic (exact) mass is 201 g/mol. The lowest BCUT2D eigenvalue weighted by molar-refractivity contribution is 0.344. The molecule has 1 aromatic rings. The summed E-state index contributed by atoms with van der Waals surface area (Å²) in [6.07, 6.45) is 0. The van der Waals surface area contributed by atoms with Crippen molar-refractivity contribution in [2.45, 2.75) is 26.8 Å². The molecule has 1 heterocycles. The summed E-state index contributed by atoms with van der Waals surface area (Å²) in [6, 6.07) is 0.360. The van der Waals surface area contributed by atoms with Gasteiger partial charge in [-0.2, -0.15) is 4.37 Å². The van der Waals surface area contributed by atoms with Crippen LogP contribution in [0.3, 0.4) is 0 Å². The molecule has 1 aromatic heterocycles. The first kappa shape index (κ1) is 10.1. The van der Waals surface area contributed by atoms with E-state index in [0.717, 1.165) is 5.00 Å². The molecule has 0 fully saturated rings. The van der Waals surface area contributed by atoms with E-state index >= 15 is 0 Å². The Bertz CT molecular complexity index is 272. The zero-order chi connectivity index (χ0) is 9.84. The van der Waals surface area contributed by atoms with Crippen LogP contribution in [0.4, 0.5) is 10.8 Å². The van der Waals surface area contributed by atoms with Gasteiger partial charge in [-0.1, -0.05) is 0 Å². The highest BCUT2D eigenvalue weighted by molar-refractivity contribution is 7.11. The summed E-state index contributed by atoms with van der Waals surface area (Å²) in [4.78, 5) is 0. The first-order valence-electron chi connectivity index (χ1n) is 4.29. The zero-order valence-electron chi connectivity index (χ0n) is 8.13. The van der Waals surface area contributed by atoms with Crippen molar-refractivity contribution in [3.05, 3.63) is 0 Å². The summed E-state index contributed by atoms with van der Waals surface area (Å²) in [6.45, 7) is 6.66. The maximum atomic E-state index is 5.64. The second kappa shape index (κ2) is 4.32. The maximum Gasteiger partial charge on any atom is 0.197 e. The Hall–Kier alpha value is -0.970. The van der Waals surface area contributed by atoms with Gasteiger partial charge in [-0.05, 0) is 32.3 Å². The lowest BCUT2D eigenvalue weighted by Gasteiger charge is -2.09. The second-order valence-electron chi connectivity index (χ2n) is 2.96. The molecular formula is C8H15N3OS. The van der Waals surface area contributed by atoms with Gasteiger partial charge in [0.15, 0.2) is 16.6 Å². The van der Waals surface area contributed by atoms with Gasteiger partial charge in [-0.3, -0.25) is 0 Å². The lowest BCUT2D eigenvalue weighted by atomic mass is 10.4. The van der Waals surface area contributed by atoms with E-state index in [-0.39, 0.29) is 0 Å². The molecule has 0 amide bonds. The number of nitrogens with two attached hydrogens (primary N) is 1. The van der Waals surface area contributed by atoms with Crippen LogP contribution in [-0.2, 0) is 0 Å². The Labute approximate surface area is 82.3 Å².